The van der Waals surface area contributed by atoms with Crippen LogP contribution in [-0.2, 0) is 0 Å². The Hall–Kier alpha value is -7.87. The number of rotatable bonds is 9. The average molecular weight is 764 g/mol. The largest absolute Gasteiger partial charge is 0.248 e. The van der Waals surface area contributed by atoms with Crippen molar-refractivity contribution in [2.45, 2.75) is 0 Å². The Morgan fingerprint density at radius 3 is 0.533 bits per heavy atom. The van der Waals surface area contributed by atoms with Crippen molar-refractivity contribution in [3.05, 3.63) is 249 Å². The van der Waals surface area contributed by atoms with Crippen LogP contribution in [0.4, 0.5) is 0 Å². The molecule has 282 valence electrons. The lowest BCUT2D eigenvalue weighted by Gasteiger charge is -2.16. The Morgan fingerprint density at radius 1 is 0.150 bits per heavy atom. The normalized spacial score (nSPS) is 11.0. The zero-order valence-corrected chi connectivity index (χ0v) is 33.1. The maximum atomic E-state index is 5.60. The summed E-state index contributed by atoms with van der Waals surface area (Å²) < 4.78 is 0. The molecular formula is C59H41N. The monoisotopic (exact) mass is 763 g/mol. The smallest absolute Gasteiger partial charge is 0.0716 e. The second-order valence-corrected chi connectivity index (χ2v) is 15.2. The molecule has 0 unspecified atom stereocenters. The number of hydrogen-bond acceptors (Lipinski definition) is 1. The van der Waals surface area contributed by atoms with Gasteiger partial charge in [-0.1, -0.05) is 182 Å². The van der Waals surface area contributed by atoms with Crippen molar-refractivity contribution < 1.29 is 0 Å². The highest BCUT2D eigenvalue weighted by atomic mass is 14.7. The minimum absolute atomic E-state index is 0.912. The Bertz CT molecular complexity index is 2510. The van der Waals surface area contributed by atoms with E-state index in [1.807, 2.05) is 0 Å². The molecule has 0 spiro atoms. The molecule has 0 aliphatic rings. The van der Waals surface area contributed by atoms with Crippen LogP contribution in [0, 0.1) is 0 Å². The average Bonchev–Trinajstić information content (AvgIpc) is 3.35. The number of aromatic nitrogens is 1. The Morgan fingerprint density at radius 2 is 0.317 bits per heavy atom. The molecule has 0 saturated heterocycles. The van der Waals surface area contributed by atoms with Gasteiger partial charge in [0.2, 0.25) is 0 Å². The van der Waals surface area contributed by atoms with Crippen LogP contribution in [0.3, 0.4) is 0 Å². The molecule has 1 heteroatoms. The van der Waals surface area contributed by atoms with Gasteiger partial charge in [-0.05, 0) is 145 Å². The molecule has 1 nitrogen and oxygen atoms in total. The van der Waals surface area contributed by atoms with Crippen molar-refractivity contribution in [1.82, 2.24) is 4.98 Å². The van der Waals surface area contributed by atoms with E-state index in [0.29, 0.717) is 0 Å². The molecule has 0 amide bonds. The van der Waals surface area contributed by atoms with Gasteiger partial charge in [-0.15, -0.1) is 0 Å². The fraction of sp³-hybridized carbons (Fsp3) is 0. The highest BCUT2D eigenvalue weighted by molar-refractivity contribution is 5.88. The van der Waals surface area contributed by atoms with Gasteiger partial charge in [0.05, 0.1) is 11.4 Å². The Kier molecular flexibility index (Phi) is 10.1. The van der Waals surface area contributed by atoms with Crippen LogP contribution in [0.5, 0.6) is 0 Å². The predicted molar refractivity (Wildman–Crippen MR) is 253 cm³/mol. The number of pyridine rings is 1. The fourth-order valence-corrected chi connectivity index (χ4v) is 8.12. The van der Waals surface area contributed by atoms with E-state index in [9.17, 15) is 0 Å². The van der Waals surface area contributed by atoms with E-state index in [1.54, 1.807) is 0 Å². The van der Waals surface area contributed by atoms with Gasteiger partial charge in [0.25, 0.3) is 0 Å². The number of hydrogen-bond donors (Lipinski definition) is 0. The van der Waals surface area contributed by atoms with Crippen molar-refractivity contribution in [3.8, 4) is 100 Å². The van der Waals surface area contributed by atoms with Gasteiger partial charge in [0, 0.05) is 11.1 Å². The first-order chi connectivity index (χ1) is 29.7. The Balaban J connectivity index is 1.24. The van der Waals surface area contributed by atoms with Crippen LogP contribution >= 0.6 is 0 Å². The van der Waals surface area contributed by atoms with Crippen LogP contribution in [0.15, 0.2) is 249 Å². The van der Waals surface area contributed by atoms with Crippen molar-refractivity contribution >= 4 is 0 Å². The van der Waals surface area contributed by atoms with Crippen LogP contribution < -0.4 is 0 Å². The number of nitrogens with zero attached hydrogens (tertiary/aromatic N) is 1. The summed E-state index contributed by atoms with van der Waals surface area (Å²) in [6.45, 7) is 0. The molecule has 0 bridgehead atoms. The van der Waals surface area contributed by atoms with Crippen LogP contribution in [-0.4, -0.2) is 4.98 Å². The zero-order valence-electron chi connectivity index (χ0n) is 33.1. The van der Waals surface area contributed by atoms with Gasteiger partial charge in [-0.25, -0.2) is 4.98 Å². The van der Waals surface area contributed by atoms with E-state index in [1.165, 1.54) is 44.5 Å². The van der Waals surface area contributed by atoms with Gasteiger partial charge in [-0.3, -0.25) is 0 Å². The maximum Gasteiger partial charge on any atom is 0.0716 e. The van der Waals surface area contributed by atoms with Crippen LogP contribution in [0.1, 0.15) is 0 Å². The summed E-state index contributed by atoms with van der Waals surface area (Å²) in [5.41, 5.74) is 20.1. The summed E-state index contributed by atoms with van der Waals surface area (Å²) >= 11 is 0. The lowest BCUT2D eigenvalue weighted by atomic mass is 9.90. The van der Waals surface area contributed by atoms with Crippen molar-refractivity contribution in [3.63, 3.8) is 0 Å². The second-order valence-electron chi connectivity index (χ2n) is 15.2. The van der Waals surface area contributed by atoms with Crippen molar-refractivity contribution in [2.24, 2.45) is 0 Å². The van der Waals surface area contributed by atoms with Gasteiger partial charge < -0.3 is 0 Å². The second kappa shape index (κ2) is 16.5. The molecular weight excluding hydrogens is 723 g/mol. The molecule has 1 heterocycles. The highest BCUT2D eigenvalue weighted by Gasteiger charge is 2.16. The van der Waals surface area contributed by atoms with E-state index < -0.39 is 0 Å². The summed E-state index contributed by atoms with van der Waals surface area (Å²) in [4.78, 5) is 5.60. The molecule has 0 saturated carbocycles. The third-order valence-electron chi connectivity index (χ3n) is 11.2. The highest BCUT2D eigenvalue weighted by Crippen LogP contribution is 2.40. The maximum absolute atomic E-state index is 5.60. The molecule has 0 aliphatic heterocycles. The van der Waals surface area contributed by atoms with E-state index >= 15 is 0 Å². The fourth-order valence-electron chi connectivity index (χ4n) is 8.12. The van der Waals surface area contributed by atoms with Gasteiger partial charge in [0.15, 0.2) is 0 Å². The molecule has 0 aliphatic carbocycles. The quantitative estimate of drug-likeness (QED) is 0.143. The molecule has 0 N–H and O–H groups in total. The SMILES string of the molecule is c1ccc(-c2cc(-c3ccccc3)cc(-c3cc(-c4cc(-c5ccccc5)cc(-c5ccccc5)c4)nc(-c4cc(-c5ccccc5)cc(-c5ccccc5)c4)c3)c2)cc1. The zero-order chi connectivity index (χ0) is 40.1. The summed E-state index contributed by atoms with van der Waals surface area (Å²) in [5.74, 6) is 0. The molecule has 0 radical (unpaired) electrons. The number of benzene rings is 9. The molecule has 9 aromatic carbocycles. The summed E-state index contributed by atoms with van der Waals surface area (Å²) in [6.07, 6.45) is 0. The third-order valence-corrected chi connectivity index (χ3v) is 11.2. The first-order valence-corrected chi connectivity index (χ1v) is 20.5. The van der Waals surface area contributed by atoms with Crippen molar-refractivity contribution in [1.29, 1.82) is 0 Å². The Labute approximate surface area is 352 Å². The molecule has 60 heavy (non-hydrogen) atoms. The predicted octanol–water partition coefficient (Wildman–Crippen LogP) is 16.1. The van der Waals surface area contributed by atoms with E-state index in [4.69, 9.17) is 4.98 Å². The minimum Gasteiger partial charge on any atom is -0.248 e. The molecule has 0 atom stereocenters. The van der Waals surface area contributed by atoms with Crippen LogP contribution in [0.2, 0.25) is 0 Å². The molecule has 10 aromatic rings. The topological polar surface area (TPSA) is 12.9 Å². The third kappa shape index (κ3) is 7.85. The van der Waals surface area contributed by atoms with Crippen molar-refractivity contribution in [2.75, 3.05) is 0 Å². The summed E-state index contributed by atoms with van der Waals surface area (Å²) in [6, 6.07) is 89.3. The van der Waals surface area contributed by atoms with Gasteiger partial charge in [0.1, 0.15) is 0 Å². The molecule has 10 rings (SSSR count). The standard InChI is InChI=1S/C59H41N/c1-7-19-42(20-8-1)48-31-49(43-21-9-2-10-22-43)35-54(34-48)55-40-58(56-36-50(44-23-11-3-12-24-44)32-51(37-56)45-25-13-4-14-26-45)60-59(41-55)57-38-52(46-27-15-5-16-28-46)33-53(39-57)47-29-17-6-18-30-47/h1-41H. The summed E-state index contributed by atoms with van der Waals surface area (Å²) in [7, 11) is 0. The lowest BCUT2D eigenvalue weighted by molar-refractivity contribution is 1.32. The first kappa shape index (κ1) is 36.5. The van der Waals surface area contributed by atoms with Gasteiger partial charge in [-0.2, -0.15) is 0 Å². The van der Waals surface area contributed by atoms with Gasteiger partial charge >= 0.3 is 0 Å². The summed E-state index contributed by atoms with van der Waals surface area (Å²) in [5, 5.41) is 0. The van der Waals surface area contributed by atoms with E-state index in [2.05, 4.69) is 249 Å². The van der Waals surface area contributed by atoms with E-state index in [-0.39, 0.29) is 0 Å². The van der Waals surface area contributed by atoms with Crippen LogP contribution in [0.25, 0.3) is 100 Å². The molecule has 0 fully saturated rings. The first-order valence-electron chi connectivity index (χ1n) is 20.5. The lowest BCUT2D eigenvalue weighted by Crippen LogP contribution is -1.94. The van der Waals surface area contributed by atoms with E-state index in [0.717, 1.165) is 55.9 Å². The molecule has 1 aromatic heterocycles. The minimum atomic E-state index is 0.912.